The minimum atomic E-state index is -0.187. The molecule has 2 fully saturated rings. The number of carbonyl (C=O) groups is 1. The standard InChI is InChI=1S/C13H15BrO3S/c14-11-2-1-10(18-11)12(15)9-3-5-17-13(7-9)4-6-16-8-13/h1-2,9H,3-8H2. The summed E-state index contributed by atoms with van der Waals surface area (Å²) in [7, 11) is 0. The first-order valence-corrected chi connectivity index (χ1v) is 7.81. The topological polar surface area (TPSA) is 35.5 Å². The molecular formula is C13H15BrO3S. The zero-order valence-electron chi connectivity index (χ0n) is 9.99. The molecular weight excluding hydrogens is 316 g/mol. The number of Topliss-reactive ketones (excluding diaryl/α,β-unsaturated/α-hetero) is 1. The molecule has 0 aromatic carbocycles. The molecule has 2 saturated heterocycles. The monoisotopic (exact) mass is 330 g/mol. The molecule has 98 valence electrons. The molecule has 0 bridgehead atoms. The summed E-state index contributed by atoms with van der Waals surface area (Å²) in [5.41, 5.74) is -0.187. The van der Waals surface area contributed by atoms with Crippen molar-refractivity contribution in [2.24, 2.45) is 5.92 Å². The van der Waals surface area contributed by atoms with Crippen LogP contribution in [-0.2, 0) is 9.47 Å². The maximum Gasteiger partial charge on any atom is 0.176 e. The number of ether oxygens (including phenoxy) is 2. The Labute approximate surface area is 119 Å². The molecule has 5 heteroatoms. The first kappa shape index (κ1) is 12.8. The fourth-order valence-electron chi connectivity index (χ4n) is 2.76. The third kappa shape index (κ3) is 2.41. The molecule has 2 atom stereocenters. The van der Waals surface area contributed by atoms with E-state index in [0.717, 1.165) is 34.5 Å². The maximum atomic E-state index is 12.4. The average Bonchev–Trinajstić information content (AvgIpc) is 2.98. The molecule has 0 radical (unpaired) electrons. The number of carbonyl (C=O) groups excluding carboxylic acids is 1. The largest absolute Gasteiger partial charge is 0.378 e. The van der Waals surface area contributed by atoms with Gasteiger partial charge in [-0.2, -0.15) is 0 Å². The summed E-state index contributed by atoms with van der Waals surface area (Å²) < 4.78 is 12.3. The number of rotatable bonds is 2. The Morgan fingerprint density at radius 2 is 2.33 bits per heavy atom. The van der Waals surface area contributed by atoms with Crippen LogP contribution < -0.4 is 0 Å². The van der Waals surface area contributed by atoms with Crippen molar-refractivity contribution in [2.75, 3.05) is 19.8 Å². The van der Waals surface area contributed by atoms with E-state index in [9.17, 15) is 4.79 Å². The maximum absolute atomic E-state index is 12.4. The van der Waals surface area contributed by atoms with Gasteiger partial charge in [-0.3, -0.25) is 4.79 Å². The molecule has 0 saturated carbocycles. The number of halogens is 1. The highest BCUT2D eigenvalue weighted by atomic mass is 79.9. The van der Waals surface area contributed by atoms with E-state index >= 15 is 0 Å². The molecule has 3 rings (SSSR count). The summed E-state index contributed by atoms with van der Waals surface area (Å²) in [5, 5.41) is 0. The van der Waals surface area contributed by atoms with E-state index < -0.39 is 0 Å². The number of ketones is 1. The summed E-state index contributed by atoms with van der Waals surface area (Å²) in [6.45, 7) is 2.07. The van der Waals surface area contributed by atoms with Crippen molar-refractivity contribution in [3.8, 4) is 0 Å². The molecule has 2 aliphatic heterocycles. The first-order chi connectivity index (χ1) is 8.69. The lowest BCUT2D eigenvalue weighted by Crippen LogP contribution is -2.42. The van der Waals surface area contributed by atoms with Gasteiger partial charge < -0.3 is 9.47 Å². The van der Waals surface area contributed by atoms with E-state index in [-0.39, 0.29) is 17.3 Å². The second kappa shape index (κ2) is 5.04. The predicted molar refractivity (Wildman–Crippen MR) is 73.2 cm³/mol. The smallest absolute Gasteiger partial charge is 0.176 e. The minimum absolute atomic E-state index is 0.0889. The number of hydrogen-bond donors (Lipinski definition) is 0. The van der Waals surface area contributed by atoms with Crippen molar-refractivity contribution in [3.63, 3.8) is 0 Å². The van der Waals surface area contributed by atoms with Crippen LogP contribution in [0, 0.1) is 5.92 Å². The highest BCUT2D eigenvalue weighted by Gasteiger charge is 2.43. The van der Waals surface area contributed by atoms with Crippen LogP contribution in [0.25, 0.3) is 0 Å². The quantitative estimate of drug-likeness (QED) is 0.780. The Morgan fingerprint density at radius 3 is 3.00 bits per heavy atom. The molecule has 0 aliphatic carbocycles. The van der Waals surface area contributed by atoms with E-state index in [4.69, 9.17) is 9.47 Å². The summed E-state index contributed by atoms with van der Waals surface area (Å²) in [5.74, 6) is 0.353. The summed E-state index contributed by atoms with van der Waals surface area (Å²) in [6.07, 6.45) is 2.56. The number of thiophene rings is 1. The zero-order chi connectivity index (χ0) is 12.6. The molecule has 1 aromatic heterocycles. The van der Waals surface area contributed by atoms with Gasteiger partial charge in [0.25, 0.3) is 0 Å². The SMILES string of the molecule is O=C(c1ccc(Br)s1)C1CCOC2(CCOC2)C1. The van der Waals surface area contributed by atoms with Crippen molar-refractivity contribution >= 4 is 33.0 Å². The normalized spacial score (nSPS) is 31.9. The fraction of sp³-hybridized carbons (Fsp3) is 0.615. The summed E-state index contributed by atoms with van der Waals surface area (Å²) in [4.78, 5) is 13.3. The second-order valence-corrected chi connectivity index (χ2v) is 7.45. The van der Waals surface area contributed by atoms with Crippen molar-refractivity contribution in [1.29, 1.82) is 0 Å². The molecule has 0 amide bonds. The van der Waals surface area contributed by atoms with Crippen LogP contribution in [-0.4, -0.2) is 31.2 Å². The Kier molecular flexibility index (Phi) is 3.58. The molecule has 3 heterocycles. The van der Waals surface area contributed by atoms with Crippen molar-refractivity contribution in [1.82, 2.24) is 0 Å². The van der Waals surface area contributed by atoms with Crippen molar-refractivity contribution < 1.29 is 14.3 Å². The van der Waals surface area contributed by atoms with Crippen LogP contribution in [0.1, 0.15) is 28.9 Å². The highest BCUT2D eigenvalue weighted by molar-refractivity contribution is 9.11. The lowest BCUT2D eigenvalue weighted by Gasteiger charge is -2.36. The van der Waals surface area contributed by atoms with E-state index in [1.807, 2.05) is 12.1 Å². The lowest BCUT2D eigenvalue weighted by atomic mass is 9.82. The second-order valence-electron chi connectivity index (χ2n) is 4.99. The highest BCUT2D eigenvalue weighted by Crippen LogP contribution is 2.38. The van der Waals surface area contributed by atoms with Crippen molar-refractivity contribution in [2.45, 2.75) is 24.9 Å². The van der Waals surface area contributed by atoms with E-state index in [1.165, 1.54) is 11.3 Å². The van der Waals surface area contributed by atoms with Gasteiger partial charge in [0, 0.05) is 25.6 Å². The van der Waals surface area contributed by atoms with Gasteiger partial charge in [-0.15, -0.1) is 11.3 Å². The summed E-state index contributed by atoms with van der Waals surface area (Å²) in [6, 6.07) is 3.84. The average molecular weight is 331 g/mol. The van der Waals surface area contributed by atoms with Gasteiger partial charge in [0.1, 0.15) is 0 Å². The third-order valence-electron chi connectivity index (χ3n) is 3.75. The van der Waals surface area contributed by atoms with Crippen LogP contribution in [0.4, 0.5) is 0 Å². The zero-order valence-corrected chi connectivity index (χ0v) is 12.4. The number of hydrogen-bond acceptors (Lipinski definition) is 4. The van der Waals surface area contributed by atoms with Crippen LogP contribution in [0.2, 0.25) is 0 Å². The predicted octanol–water partition coefficient (Wildman–Crippen LogP) is 3.28. The van der Waals surface area contributed by atoms with Gasteiger partial charge in [0.05, 0.1) is 20.9 Å². The van der Waals surface area contributed by atoms with E-state index in [2.05, 4.69) is 15.9 Å². The van der Waals surface area contributed by atoms with E-state index in [0.29, 0.717) is 13.2 Å². The molecule has 3 nitrogen and oxygen atoms in total. The van der Waals surface area contributed by atoms with Gasteiger partial charge in [0.15, 0.2) is 5.78 Å². The molecule has 2 aliphatic rings. The molecule has 18 heavy (non-hydrogen) atoms. The Balaban J connectivity index is 1.74. The van der Waals surface area contributed by atoms with E-state index in [1.54, 1.807) is 0 Å². The summed E-state index contributed by atoms with van der Waals surface area (Å²) >= 11 is 4.92. The minimum Gasteiger partial charge on any atom is -0.378 e. The first-order valence-electron chi connectivity index (χ1n) is 6.20. The van der Waals surface area contributed by atoms with Crippen LogP contribution in [0.3, 0.4) is 0 Å². The van der Waals surface area contributed by atoms with Gasteiger partial charge in [-0.05, 0) is 40.9 Å². The third-order valence-corrected chi connectivity index (χ3v) is 5.39. The molecule has 1 aromatic rings. The lowest BCUT2D eigenvalue weighted by molar-refractivity contribution is -0.0920. The van der Waals surface area contributed by atoms with Gasteiger partial charge >= 0.3 is 0 Å². The fourth-order valence-corrected chi connectivity index (χ4v) is 4.17. The van der Waals surface area contributed by atoms with Gasteiger partial charge in [-0.1, -0.05) is 0 Å². The molecule has 2 unspecified atom stereocenters. The van der Waals surface area contributed by atoms with Crippen molar-refractivity contribution in [3.05, 3.63) is 20.8 Å². The Hall–Kier alpha value is -0.230. The molecule has 1 spiro atoms. The molecule has 0 N–H and O–H groups in total. The van der Waals surface area contributed by atoms with Gasteiger partial charge in [-0.25, -0.2) is 0 Å². The Bertz CT molecular complexity index is 451. The Morgan fingerprint density at radius 1 is 1.44 bits per heavy atom. The van der Waals surface area contributed by atoms with Gasteiger partial charge in [0.2, 0.25) is 0 Å². The van der Waals surface area contributed by atoms with Crippen LogP contribution in [0.15, 0.2) is 15.9 Å². The van der Waals surface area contributed by atoms with Crippen LogP contribution >= 0.6 is 27.3 Å². The van der Waals surface area contributed by atoms with Crippen LogP contribution in [0.5, 0.6) is 0 Å².